The van der Waals surface area contributed by atoms with Gasteiger partial charge in [-0.3, -0.25) is 0 Å². The first kappa shape index (κ1) is 25.9. The first-order valence-corrected chi connectivity index (χ1v) is 14.4. The Kier molecular flexibility index (Phi) is 7.39. The molecular weight excluding hydrogens is 590 g/mol. The number of urea groups is 1. The summed E-state index contributed by atoms with van der Waals surface area (Å²) >= 11 is 4.93. The van der Waals surface area contributed by atoms with Crippen LogP contribution in [0.4, 0.5) is 16.3 Å². The molecule has 10 nitrogen and oxygen atoms in total. The molecule has 200 valence electrons. The number of nitriles is 1. The molecule has 2 N–H and O–H groups in total. The average Bonchev–Trinajstić information content (AvgIpc) is 3.67. The van der Waals surface area contributed by atoms with Gasteiger partial charge in [0.1, 0.15) is 11.5 Å². The highest BCUT2D eigenvalue weighted by Crippen LogP contribution is 2.31. The van der Waals surface area contributed by atoms with Crippen LogP contribution in [0.5, 0.6) is 0 Å². The van der Waals surface area contributed by atoms with Gasteiger partial charge in [-0.2, -0.15) is 14.9 Å². The van der Waals surface area contributed by atoms with Gasteiger partial charge < -0.3 is 15.5 Å². The number of anilines is 2. The van der Waals surface area contributed by atoms with Crippen LogP contribution in [-0.2, 0) is 6.54 Å². The lowest BCUT2D eigenvalue weighted by Crippen LogP contribution is -2.40. The number of hydrogen-bond acceptors (Lipinski definition) is 8. The van der Waals surface area contributed by atoms with Crippen LogP contribution in [0.1, 0.15) is 35.6 Å². The summed E-state index contributed by atoms with van der Waals surface area (Å²) in [5, 5.41) is 26.1. The SMILES string of the molecule is N#Cc1cccc(NC(=O)N2CCC(c3cc(NCc4ccc(-c5csnn5)cc4)n4ncc(Br)c4n3)CC2)c1. The Balaban J connectivity index is 1.13. The van der Waals surface area contributed by atoms with Gasteiger partial charge >= 0.3 is 6.03 Å². The van der Waals surface area contributed by atoms with E-state index in [0.717, 1.165) is 51.3 Å². The van der Waals surface area contributed by atoms with Crippen molar-refractivity contribution in [2.45, 2.75) is 25.3 Å². The van der Waals surface area contributed by atoms with Crippen molar-refractivity contribution in [1.29, 1.82) is 5.26 Å². The van der Waals surface area contributed by atoms with Crippen molar-refractivity contribution in [2.24, 2.45) is 0 Å². The second-order valence-corrected chi connectivity index (χ2v) is 11.0. The molecule has 2 amide bonds. The lowest BCUT2D eigenvalue weighted by atomic mass is 9.93. The normalized spacial score (nSPS) is 13.8. The Morgan fingerprint density at radius 1 is 1.15 bits per heavy atom. The Morgan fingerprint density at radius 2 is 1.98 bits per heavy atom. The van der Waals surface area contributed by atoms with Gasteiger partial charge in [0.2, 0.25) is 0 Å². The molecule has 0 saturated carbocycles. The smallest absolute Gasteiger partial charge is 0.321 e. The fraction of sp³-hybridized carbons (Fsp3) is 0.214. The van der Waals surface area contributed by atoms with E-state index in [1.165, 1.54) is 11.5 Å². The van der Waals surface area contributed by atoms with E-state index >= 15 is 0 Å². The minimum Gasteiger partial charge on any atom is -0.366 e. The van der Waals surface area contributed by atoms with Crippen LogP contribution in [0.3, 0.4) is 0 Å². The Hall–Kier alpha value is -4.34. The molecule has 0 spiro atoms. The second kappa shape index (κ2) is 11.4. The molecule has 1 aliphatic heterocycles. The van der Waals surface area contributed by atoms with Gasteiger partial charge in [-0.1, -0.05) is 34.8 Å². The monoisotopic (exact) mass is 613 g/mol. The number of nitrogens with zero attached hydrogens (tertiary/aromatic N) is 7. The molecule has 0 atom stereocenters. The zero-order chi connectivity index (χ0) is 27.5. The third-order valence-corrected chi connectivity index (χ3v) is 8.04. The molecule has 12 heteroatoms. The van der Waals surface area contributed by atoms with Crippen LogP contribution in [0.25, 0.3) is 16.9 Å². The maximum Gasteiger partial charge on any atom is 0.321 e. The molecular formula is C28H24BrN9OS. The van der Waals surface area contributed by atoms with Crippen LogP contribution in [0, 0.1) is 11.3 Å². The predicted molar refractivity (Wildman–Crippen MR) is 157 cm³/mol. The van der Waals surface area contributed by atoms with E-state index in [9.17, 15) is 4.79 Å². The molecule has 5 aromatic rings. The van der Waals surface area contributed by atoms with Crippen molar-refractivity contribution in [1.82, 2.24) is 29.1 Å². The summed E-state index contributed by atoms with van der Waals surface area (Å²) in [5.41, 5.74) is 5.91. The molecule has 1 aliphatic rings. The summed E-state index contributed by atoms with van der Waals surface area (Å²) in [4.78, 5) is 19.6. The fourth-order valence-electron chi connectivity index (χ4n) is 4.81. The van der Waals surface area contributed by atoms with Crippen LogP contribution in [-0.4, -0.2) is 48.2 Å². The third kappa shape index (κ3) is 5.52. The van der Waals surface area contributed by atoms with Crippen LogP contribution in [0.15, 0.2) is 70.6 Å². The fourth-order valence-corrected chi connectivity index (χ4v) is 5.63. The summed E-state index contributed by atoms with van der Waals surface area (Å²) in [7, 11) is 0. The van der Waals surface area contributed by atoms with E-state index in [4.69, 9.17) is 10.2 Å². The van der Waals surface area contributed by atoms with E-state index in [2.05, 4.69) is 77.7 Å². The molecule has 1 fully saturated rings. The van der Waals surface area contributed by atoms with Crippen molar-refractivity contribution >= 4 is 50.6 Å². The molecule has 1 saturated heterocycles. The Bertz CT molecular complexity index is 1690. The number of aromatic nitrogens is 5. The molecule has 0 radical (unpaired) electrons. The van der Waals surface area contributed by atoms with Gasteiger partial charge in [-0.25, -0.2) is 9.78 Å². The number of likely N-dealkylation sites (tertiary alicyclic amines) is 1. The van der Waals surface area contributed by atoms with Gasteiger partial charge in [-0.15, -0.1) is 5.10 Å². The van der Waals surface area contributed by atoms with Gasteiger partial charge in [0.25, 0.3) is 0 Å². The maximum absolute atomic E-state index is 12.8. The number of carbonyl (C=O) groups is 1. The zero-order valence-corrected chi connectivity index (χ0v) is 23.7. The molecule has 0 aliphatic carbocycles. The summed E-state index contributed by atoms with van der Waals surface area (Å²) in [5.74, 6) is 1.07. The van der Waals surface area contributed by atoms with E-state index in [-0.39, 0.29) is 11.9 Å². The Labute approximate surface area is 243 Å². The molecule has 4 heterocycles. The molecule has 2 aromatic carbocycles. The number of fused-ring (bicyclic) bond motifs is 1. The van der Waals surface area contributed by atoms with E-state index in [0.29, 0.717) is 30.9 Å². The minimum atomic E-state index is -0.157. The summed E-state index contributed by atoms with van der Waals surface area (Å²) in [6.07, 6.45) is 3.35. The van der Waals surface area contributed by atoms with Crippen LogP contribution < -0.4 is 10.6 Å². The molecule has 0 unspecified atom stereocenters. The molecule has 0 bridgehead atoms. The largest absolute Gasteiger partial charge is 0.366 e. The third-order valence-electron chi connectivity index (χ3n) is 6.98. The van der Waals surface area contributed by atoms with Crippen molar-refractivity contribution in [3.63, 3.8) is 0 Å². The van der Waals surface area contributed by atoms with E-state index < -0.39 is 0 Å². The molecule has 3 aromatic heterocycles. The summed E-state index contributed by atoms with van der Waals surface area (Å²) in [6, 6.07) is 19.2. The lowest BCUT2D eigenvalue weighted by molar-refractivity contribution is 0.194. The lowest BCUT2D eigenvalue weighted by Gasteiger charge is -2.32. The predicted octanol–water partition coefficient (Wildman–Crippen LogP) is 5.91. The van der Waals surface area contributed by atoms with Crippen molar-refractivity contribution in [2.75, 3.05) is 23.7 Å². The second-order valence-electron chi connectivity index (χ2n) is 9.52. The average molecular weight is 615 g/mol. The first-order chi connectivity index (χ1) is 19.6. The Morgan fingerprint density at radius 3 is 2.73 bits per heavy atom. The van der Waals surface area contributed by atoms with Gasteiger partial charge in [-0.05, 0) is 64.1 Å². The standard InChI is InChI=1S/C28H24BrN9OS/c29-23-16-32-38-26(31-15-18-4-6-20(7-5-18)25-17-40-36-35-25)13-24(34-27(23)38)21-8-10-37(11-9-21)28(39)33-22-3-1-2-19(12-22)14-30/h1-7,12-13,16-17,21,31H,8-11,15H2,(H,33,39). The summed E-state index contributed by atoms with van der Waals surface area (Å²) < 4.78 is 6.57. The van der Waals surface area contributed by atoms with Crippen molar-refractivity contribution in [3.05, 3.63) is 87.5 Å². The van der Waals surface area contributed by atoms with Gasteiger partial charge in [0, 0.05) is 53.9 Å². The molecule has 40 heavy (non-hydrogen) atoms. The maximum atomic E-state index is 12.8. The zero-order valence-electron chi connectivity index (χ0n) is 21.3. The number of hydrogen-bond donors (Lipinski definition) is 2. The first-order valence-electron chi connectivity index (χ1n) is 12.8. The topological polar surface area (TPSA) is 124 Å². The number of piperidine rings is 1. The number of nitrogens with one attached hydrogen (secondary N) is 2. The highest BCUT2D eigenvalue weighted by atomic mass is 79.9. The number of benzene rings is 2. The highest BCUT2D eigenvalue weighted by Gasteiger charge is 2.26. The van der Waals surface area contributed by atoms with E-state index in [1.807, 2.05) is 10.3 Å². The number of halogens is 1. The summed E-state index contributed by atoms with van der Waals surface area (Å²) in [6.45, 7) is 1.86. The van der Waals surface area contributed by atoms with Gasteiger partial charge in [0.05, 0.1) is 22.3 Å². The van der Waals surface area contributed by atoms with Crippen molar-refractivity contribution < 1.29 is 4.79 Å². The minimum absolute atomic E-state index is 0.157. The van der Waals surface area contributed by atoms with Crippen LogP contribution in [0.2, 0.25) is 0 Å². The molecule has 6 rings (SSSR count). The highest BCUT2D eigenvalue weighted by molar-refractivity contribution is 9.10. The quantitative estimate of drug-likeness (QED) is 0.244. The number of amides is 2. The number of carbonyl (C=O) groups excluding carboxylic acids is 1. The number of rotatable bonds is 6. The van der Waals surface area contributed by atoms with Gasteiger partial charge in [0.15, 0.2) is 5.65 Å². The van der Waals surface area contributed by atoms with E-state index in [1.54, 1.807) is 35.0 Å². The van der Waals surface area contributed by atoms with Crippen LogP contribution >= 0.6 is 27.5 Å². The van der Waals surface area contributed by atoms with Crippen molar-refractivity contribution in [3.8, 4) is 17.3 Å².